The third-order valence-electron chi connectivity index (χ3n) is 7.44. The number of benzene rings is 1. The molecule has 1 aromatic carbocycles. The lowest BCUT2D eigenvalue weighted by Gasteiger charge is -2.54. The predicted octanol–water partition coefficient (Wildman–Crippen LogP) is 2.84. The predicted molar refractivity (Wildman–Crippen MR) is 119 cm³/mol. The molecule has 0 spiro atoms. The molecule has 8 heteroatoms. The smallest absolute Gasteiger partial charge is 0.339 e. The molecule has 174 valence electrons. The lowest BCUT2D eigenvalue weighted by molar-refractivity contribution is -0.234. The molecule has 0 saturated carbocycles. The fraction of sp³-hybridized carbons (Fsp3) is 0.480. The van der Waals surface area contributed by atoms with E-state index in [1.807, 2.05) is 46.7 Å². The fourth-order valence-electron chi connectivity index (χ4n) is 6.20. The van der Waals surface area contributed by atoms with Crippen LogP contribution in [0.1, 0.15) is 44.5 Å². The second-order valence-electron chi connectivity index (χ2n) is 8.92. The van der Waals surface area contributed by atoms with Crippen LogP contribution >= 0.6 is 0 Å². The van der Waals surface area contributed by atoms with Crippen LogP contribution in [0.25, 0.3) is 10.9 Å². The van der Waals surface area contributed by atoms with Gasteiger partial charge in [0.1, 0.15) is 0 Å². The van der Waals surface area contributed by atoms with Crippen molar-refractivity contribution in [3.63, 3.8) is 0 Å². The largest absolute Gasteiger partial charge is 0.467 e. The van der Waals surface area contributed by atoms with E-state index in [1.54, 1.807) is 6.92 Å². The van der Waals surface area contributed by atoms with Gasteiger partial charge in [-0.05, 0) is 37.0 Å². The van der Waals surface area contributed by atoms with Gasteiger partial charge in [-0.2, -0.15) is 0 Å². The highest BCUT2D eigenvalue weighted by atomic mass is 16.7. The van der Waals surface area contributed by atoms with Gasteiger partial charge in [0.2, 0.25) is 17.7 Å². The van der Waals surface area contributed by atoms with Crippen LogP contribution in [0, 0.1) is 5.92 Å². The molecule has 5 rings (SSSR count). The molecular formula is C25H28N2O6. The van der Waals surface area contributed by atoms with Crippen LogP contribution in [0.5, 0.6) is 0 Å². The van der Waals surface area contributed by atoms with E-state index in [-0.39, 0.29) is 24.5 Å². The number of amides is 1. The first-order chi connectivity index (χ1) is 15.9. The quantitative estimate of drug-likeness (QED) is 0.515. The molecule has 1 amide bonds. The van der Waals surface area contributed by atoms with Gasteiger partial charge in [0.05, 0.1) is 19.8 Å². The van der Waals surface area contributed by atoms with Gasteiger partial charge in [-0.3, -0.25) is 9.59 Å². The Bertz CT molecular complexity index is 1200. The van der Waals surface area contributed by atoms with Crippen LogP contribution < -0.4 is 0 Å². The van der Waals surface area contributed by atoms with E-state index in [0.717, 1.165) is 27.7 Å². The summed E-state index contributed by atoms with van der Waals surface area (Å²) >= 11 is 0. The van der Waals surface area contributed by atoms with Gasteiger partial charge in [0.25, 0.3) is 0 Å². The van der Waals surface area contributed by atoms with Crippen LogP contribution in [0.3, 0.4) is 0 Å². The number of ether oxygens (including phenoxy) is 3. The summed E-state index contributed by atoms with van der Waals surface area (Å²) in [6, 6.07) is 7.69. The SMILES string of the molecule is C/C=C1/CO[C@@H](OC(C)=O)[C@]2(C(=O)OC)[C@H]1C[C@H]1c3c(c4ccccc4n32)CCN1C(C)=O. The number of nitrogens with zero attached hydrogens (tertiary/aromatic N) is 2. The molecule has 1 saturated heterocycles. The number of rotatable bonds is 2. The van der Waals surface area contributed by atoms with Crippen molar-refractivity contribution >= 4 is 28.7 Å². The van der Waals surface area contributed by atoms with Crippen molar-refractivity contribution in [3.05, 3.63) is 47.2 Å². The topological polar surface area (TPSA) is 87.1 Å². The number of carbonyl (C=O) groups excluding carboxylic acids is 3. The fourth-order valence-corrected chi connectivity index (χ4v) is 6.20. The summed E-state index contributed by atoms with van der Waals surface area (Å²) < 4.78 is 19.1. The number of aromatic nitrogens is 1. The van der Waals surface area contributed by atoms with Crippen molar-refractivity contribution in [2.45, 2.75) is 51.5 Å². The minimum absolute atomic E-state index is 0.00125. The van der Waals surface area contributed by atoms with Crippen LogP contribution in [0.15, 0.2) is 35.9 Å². The monoisotopic (exact) mass is 452 g/mol. The third-order valence-corrected chi connectivity index (χ3v) is 7.44. The standard InChI is InChI=1S/C25H28N2O6/c1-5-16-13-32-24(33-15(3)29)25(23(30)31-4)19(16)12-21-22-18(10-11-26(21)14(2)28)17-8-6-7-9-20(17)27(22)25/h5-9,19,21,24H,10-13H2,1-4H3/b16-5-/t19-,21-,24-,25+/m0/s1. The van der Waals surface area contributed by atoms with E-state index in [2.05, 4.69) is 0 Å². The molecule has 3 aliphatic rings. The average molecular weight is 453 g/mol. The summed E-state index contributed by atoms with van der Waals surface area (Å²) in [6.45, 7) is 5.65. The lowest BCUT2D eigenvalue weighted by atomic mass is 9.68. The van der Waals surface area contributed by atoms with Crippen molar-refractivity contribution in [1.29, 1.82) is 0 Å². The van der Waals surface area contributed by atoms with Gasteiger partial charge in [0, 0.05) is 42.9 Å². The summed E-state index contributed by atoms with van der Waals surface area (Å²) in [5.41, 5.74) is 2.33. The highest BCUT2D eigenvalue weighted by Crippen LogP contribution is 2.56. The highest BCUT2D eigenvalue weighted by Gasteiger charge is 2.65. The van der Waals surface area contributed by atoms with Gasteiger partial charge >= 0.3 is 11.9 Å². The van der Waals surface area contributed by atoms with Crippen molar-refractivity contribution in [1.82, 2.24) is 9.47 Å². The van der Waals surface area contributed by atoms with E-state index in [4.69, 9.17) is 14.2 Å². The maximum Gasteiger partial charge on any atom is 0.339 e. The van der Waals surface area contributed by atoms with Gasteiger partial charge in [-0.15, -0.1) is 0 Å². The van der Waals surface area contributed by atoms with Gasteiger partial charge < -0.3 is 23.7 Å². The number of hydrogen-bond donors (Lipinski definition) is 0. The normalized spacial score (nSPS) is 29.4. The second-order valence-corrected chi connectivity index (χ2v) is 8.92. The van der Waals surface area contributed by atoms with Crippen molar-refractivity contribution in [3.8, 4) is 0 Å². The van der Waals surface area contributed by atoms with Crippen LogP contribution in [-0.2, 0) is 40.6 Å². The molecule has 4 atom stereocenters. The summed E-state index contributed by atoms with van der Waals surface area (Å²) in [6.07, 6.45) is 1.98. The first kappa shape index (κ1) is 21.7. The summed E-state index contributed by atoms with van der Waals surface area (Å²) in [5.74, 6) is -1.45. The maximum atomic E-state index is 13.8. The van der Waals surface area contributed by atoms with Crippen LogP contribution in [0.4, 0.5) is 0 Å². The molecule has 0 bridgehead atoms. The minimum atomic E-state index is -1.44. The Hall–Kier alpha value is -3.13. The number of hydrogen-bond acceptors (Lipinski definition) is 6. The van der Waals surface area contributed by atoms with Crippen molar-refractivity contribution in [2.75, 3.05) is 20.3 Å². The first-order valence-corrected chi connectivity index (χ1v) is 11.3. The minimum Gasteiger partial charge on any atom is -0.467 e. The number of fused-ring (bicyclic) bond motifs is 5. The van der Waals surface area contributed by atoms with Crippen molar-refractivity contribution in [2.24, 2.45) is 5.92 Å². The van der Waals surface area contributed by atoms with E-state index in [1.165, 1.54) is 14.0 Å². The third kappa shape index (κ3) is 2.83. The second kappa shape index (κ2) is 7.73. The first-order valence-electron chi connectivity index (χ1n) is 11.3. The molecule has 33 heavy (non-hydrogen) atoms. The summed E-state index contributed by atoms with van der Waals surface area (Å²) in [4.78, 5) is 40.4. The van der Waals surface area contributed by atoms with Gasteiger partial charge in [0.15, 0.2) is 0 Å². The lowest BCUT2D eigenvalue weighted by Crippen LogP contribution is -2.66. The molecule has 0 N–H and O–H groups in total. The summed E-state index contributed by atoms with van der Waals surface area (Å²) in [7, 11) is 1.34. The molecule has 2 aromatic rings. The Kier molecular flexibility index (Phi) is 5.08. The summed E-state index contributed by atoms with van der Waals surface area (Å²) in [5, 5.41) is 1.03. The van der Waals surface area contributed by atoms with E-state index >= 15 is 0 Å². The molecule has 4 heterocycles. The Labute approximate surface area is 192 Å². The Morgan fingerprint density at radius 3 is 2.64 bits per heavy atom. The average Bonchev–Trinajstić information content (AvgIpc) is 3.14. The number of esters is 2. The Morgan fingerprint density at radius 1 is 1.21 bits per heavy atom. The zero-order chi connectivity index (χ0) is 23.5. The number of allylic oxidation sites excluding steroid dienone is 1. The van der Waals surface area contributed by atoms with E-state index < -0.39 is 23.8 Å². The maximum absolute atomic E-state index is 13.8. The zero-order valence-electron chi connectivity index (χ0n) is 19.3. The molecular weight excluding hydrogens is 424 g/mol. The number of para-hydroxylation sites is 1. The van der Waals surface area contributed by atoms with Crippen LogP contribution in [-0.4, -0.2) is 53.9 Å². The molecule has 0 unspecified atom stereocenters. The molecule has 8 nitrogen and oxygen atoms in total. The van der Waals surface area contributed by atoms with Crippen LogP contribution in [0.2, 0.25) is 0 Å². The van der Waals surface area contributed by atoms with Crippen molar-refractivity contribution < 1.29 is 28.6 Å². The van der Waals surface area contributed by atoms with E-state index in [0.29, 0.717) is 19.4 Å². The molecule has 3 aliphatic heterocycles. The number of carbonyl (C=O) groups is 3. The number of methoxy groups -OCH3 is 1. The molecule has 0 radical (unpaired) electrons. The Balaban J connectivity index is 1.91. The highest BCUT2D eigenvalue weighted by molar-refractivity contribution is 5.92. The molecule has 1 aromatic heterocycles. The van der Waals surface area contributed by atoms with Gasteiger partial charge in [-0.1, -0.05) is 24.3 Å². The zero-order valence-corrected chi connectivity index (χ0v) is 19.3. The van der Waals surface area contributed by atoms with Gasteiger partial charge in [-0.25, -0.2) is 4.79 Å². The molecule has 1 fully saturated rings. The Morgan fingerprint density at radius 2 is 1.97 bits per heavy atom. The van der Waals surface area contributed by atoms with E-state index in [9.17, 15) is 14.4 Å². The molecule has 0 aliphatic carbocycles.